The molecule has 0 unspecified atom stereocenters. The van der Waals surface area contributed by atoms with Crippen LogP contribution < -0.4 is 0 Å². The molecule has 0 rings (SSSR count). The van der Waals surface area contributed by atoms with Crippen LogP contribution in [0.25, 0.3) is 0 Å². The molecule has 0 aliphatic rings. The molecule has 0 aromatic rings. The third-order valence-corrected chi connectivity index (χ3v) is 9.57. The Kier molecular flexibility index (Phi) is 19.6. The number of ether oxygens (including phenoxy) is 1. The summed E-state index contributed by atoms with van der Waals surface area (Å²) in [7, 11) is -0.714. The second-order valence-electron chi connectivity index (χ2n) is 9.17. The molecular formula is C26H47BrOSi. The van der Waals surface area contributed by atoms with Crippen LogP contribution in [-0.4, -0.2) is 26.8 Å². The first kappa shape index (κ1) is 28.8. The van der Waals surface area contributed by atoms with E-state index in [1.54, 1.807) is 0 Å². The maximum absolute atomic E-state index is 6.23. The Morgan fingerprint density at radius 3 is 1.93 bits per heavy atom. The summed E-state index contributed by atoms with van der Waals surface area (Å²) in [6, 6.07) is 0. The van der Waals surface area contributed by atoms with Gasteiger partial charge in [-0.05, 0) is 37.1 Å². The third kappa shape index (κ3) is 18.3. The first-order valence-electron chi connectivity index (χ1n) is 12.1. The summed E-state index contributed by atoms with van der Waals surface area (Å²) in [4.78, 5) is 0. The van der Waals surface area contributed by atoms with E-state index in [0.717, 1.165) is 37.6 Å². The molecule has 0 aliphatic heterocycles. The van der Waals surface area contributed by atoms with Gasteiger partial charge in [-0.1, -0.05) is 87.8 Å². The first-order valence-corrected chi connectivity index (χ1v) is 16.1. The number of unbranched alkanes of at least 4 members (excludes halogenated alkanes) is 9. The molecule has 0 spiro atoms. The predicted molar refractivity (Wildman–Crippen MR) is 138 cm³/mol. The minimum atomic E-state index is -0.714. The zero-order chi connectivity index (χ0) is 21.8. The molecule has 1 atom stereocenters. The third-order valence-electron chi connectivity index (χ3n) is 5.72. The lowest BCUT2D eigenvalue weighted by Crippen LogP contribution is -2.28. The number of hydrogen-bond acceptors (Lipinski definition) is 1. The maximum atomic E-state index is 6.23. The number of rotatable bonds is 16. The molecule has 0 aromatic carbocycles. The summed E-state index contributed by atoms with van der Waals surface area (Å²) in [5.41, 5.74) is 0. The normalized spacial score (nSPS) is 12.2. The second-order valence-corrected chi connectivity index (χ2v) is 13.8. The molecule has 0 N–H and O–H groups in total. The van der Waals surface area contributed by atoms with E-state index in [2.05, 4.69) is 73.5 Å². The van der Waals surface area contributed by atoms with Crippen molar-refractivity contribution < 1.29 is 4.74 Å². The molecule has 0 fully saturated rings. The van der Waals surface area contributed by atoms with E-state index in [-0.39, 0.29) is 6.10 Å². The van der Waals surface area contributed by atoms with E-state index >= 15 is 0 Å². The van der Waals surface area contributed by atoms with E-state index < -0.39 is 8.80 Å². The van der Waals surface area contributed by atoms with Gasteiger partial charge in [-0.15, -0.1) is 17.8 Å². The van der Waals surface area contributed by atoms with Crippen molar-refractivity contribution in [2.45, 2.75) is 128 Å². The Morgan fingerprint density at radius 1 is 0.828 bits per heavy atom. The van der Waals surface area contributed by atoms with Crippen LogP contribution in [0, 0.1) is 23.7 Å². The molecule has 0 radical (unpaired) electrons. The van der Waals surface area contributed by atoms with Gasteiger partial charge in [0.1, 0.15) is 6.10 Å². The van der Waals surface area contributed by atoms with Gasteiger partial charge in [0.15, 0.2) is 0 Å². The Morgan fingerprint density at radius 2 is 1.38 bits per heavy atom. The first-order chi connectivity index (χ1) is 13.9. The quantitative estimate of drug-likeness (QED) is 0.0932. The van der Waals surface area contributed by atoms with Crippen LogP contribution in [0.5, 0.6) is 0 Å². The van der Waals surface area contributed by atoms with Crippen LogP contribution in [0.1, 0.15) is 104 Å². The molecule has 0 aromatic heterocycles. The molecule has 168 valence electrons. The summed E-state index contributed by atoms with van der Waals surface area (Å²) in [6.45, 7) is 12.6. The van der Waals surface area contributed by atoms with Gasteiger partial charge in [0, 0.05) is 33.4 Å². The molecule has 0 amide bonds. The van der Waals surface area contributed by atoms with Gasteiger partial charge in [-0.3, -0.25) is 0 Å². The van der Waals surface area contributed by atoms with Gasteiger partial charge in [0.05, 0.1) is 6.61 Å². The average Bonchev–Trinajstić information content (AvgIpc) is 2.69. The van der Waals surface area contributed by atoms with Crippen LogP contribution in [0.15, 0.2) is 0 Å². The van der Waals surface area contributed by atoms with Crippen LogP contribution in [0.4, 0.5) is 0 Å². The summed E-state index contributed by atoms with van der Waals surface area (Å²) in [5.74, 6) is 13.4. The molecule has 0 bridgehead atoms. The molecule has 0 heterocycles. The highest BCUT2D eigenvalue weighted by atomic mass is 79.9. The van der Waals surface area contributed by atoms with Gasteiger partial charge >= 0.3 is 0 Å². The van der Waals surface area contributed by atoms with Crippen molar-refractivity contribution in [3.05, 3.63) is 0 Å². The number of halogens is 1. The summed E-state index contributed by atoms with van der Waals surface area (Å²) in [6.07, 6.45) is 15.6. The second kappa shape index (κ2) is 19.7. The van der Waals surface area contributed by atoms with E-state index in [4.69, 9.17) is 4.74 Å². The molecule has 0 saturated heterocycles. The minimum absolute atomic E-state index is 0.134. The minimum Gasteiger partial charge on any atom is -0.365 e. The van der Waals surface area contributed by atoms with Crippen LogP contribution in [-0.2, 0) is 4.74 Å². The SMILES string of the molecule is CCCC[C@H](C#CCCCCCCCC#CCCCCBr)OCC(C)(C)[SiH](C)C. The number of alkyl halides is 1. The van der Waals surface area contributed by atoms with E-state index in [1.165, 1.54) is 57.8 Å². The van der Waals surface area contributed by atoms with Crippen LogP contribution >= 0.6 is 15.9 Å². The van der Waals surface area contributed by atoms with Gasteiger partial charge in [-0.25, -0.2) is 0 Å². The van der Waals surface area contributed by atoms with Crippen molar-refractivity contribution in [3.63, 3.8) is 0 Å². The fourth-order valence-corrected chi connectivity index (χ4v) is 3.52. The van der Waals surface area contributed by atoms with Crippen molar-refractivity contribution in [1.29, 1.82) is 0 Å². The molecule has 0 aliphatic carbocycles. The van der Waals surface area contributed by atoms with Crippen LogP contribution in [0.3, 0.4) is 0 Å². The highest BCUT2D eigenvalue weighted by Gasteiger charge is 2.24. The molecule has 0 saturated carbocycles. The fourth-order valence-electron chi connectivity index (χ4n) is 2.70. The lowest BCUT2D eigenvalue weighted by Gasteiger charge is -2.29. The summed E-state index contributed by atoms with van der Waals surface area (Å²) < 4.78 is 6.23. The van der Waals surface area contributed by atoms with Gasteiger partial charge in [0.25, 0.3) is 0 Å². The van der Waals surface area contributed by atoms with Crippen molar-refractivity contribution in [2.75, 3.05) is 11.9 Å². The monoisotopic (exact) mass is 482 g/mol. The van der Waals surface area contributed by atoms with Gasteiger partial charge < -0.3 is 4.74 Å². The van der Waals surface area contributed by atoms with Crippen molar-refractivity contribution in [3.8, 4) is 23.7 Å². The Balaban J connectivity index is 3.90. The van der Waals surface area contributed by atoms with E-state index in [0.29, 0.717) is 5.04 Å². The maximum Gasteiger partial charge on any atom is 0.118 e. The zero-order valence-electron chi connectivity index (χ0n) is 20.0. The Labute approximate surface area is 193 Å². The molecule has 1 nitrogen and oxygen atoms in total. The van der Waals surface area contributed by atoms with E-state index in [1.807, 2.05) is 0 Å². The number of hydrogen-bond donors (Lipinski definition) is 0. The summed E-state index contributed by atoms with van der Waals surface area (Å²) >= 11 is 3.46. The van der Waals surface area contributed by atoms with Gasteiger partial charge in [0.2, 0.25) is 0 Å². The van der Waals surface area contributed by atoms with Crippen molar-refractivity contribution >= 4 is 24.7 Å². The topological polar surface area (TPSA) is 9.23 Å². The van der Waals surface area contributed by atoms with Crippen molar-refractivity contribution in [2.24, 2.45) is 0 Å². The predicted octanol–water partition coefficient (Wildman–Crippen LogP) is 8.13. The van der Waals surface area contributed by atoms with Gasteiger partial charge in [-0.2, -0.15) is 0 Å². The zero-order valence-corrected chi connectivity index (χ0v) is 22.8. The van der Waals surface area contributed by atoms with E-state index in [9.17, 15) is 0 Å². The standard InChI is InChI=1S/C26H47BrOSi/c1-6-7-21-25(28-24-26(2,3)29(4)5)22-19-17-15-13-11-9-8-10-12-14-16-18-20-23-27/h25,29H,6-11,13,15-18,20-21,23-24H2,1-5H3/t25-/m1/s1. The molecule has 3 heteroatoms. The highest BCUT2D eigenvalue weighted by Crippen LogP contribution is 2.29. The smallest absolute Gasteiger partial charge is 0.118 e. The lowest BCUT2D eigenvalue weighted by atomic mass is 10.1. The Hall–Kier alpha value is -0.223. The average molecular weight is 484 g/mol. The fraction of sp³-hybridized carbons (Fsp3) is 0.846. The molecule has 29 heavy (non-hydrogen) atoms. The Bertz CT molecular complexity index is 492. The van der Waals surface area contributed by atoms with Crippen molar-refractivity contribution in [1.82, 2.24) is 0 Å². The lowest BCUT2D eigenvalue weighted by molar-refractivity contribution is 0.0675. The largest absolute Gasteiger partial charge is 0.365 e. The molecular weight excluding hydrogens is 436 g/mol. The van der Waals surface area contributed by atoms with Crippen LogP contribution in [0.2, 0.25) is 18.1 Å². The summed E-state index contributed by atoms with van der Waals surface area (Å²) in [5, 5.41) is 1.45. The highest BCUT2D eigenvalue weighted by molar-refractivity contribution is 9.09.